The molecule has 1 saturated heterocycles. The smallest absolute Gasteiger partial charge is 0.0593 e. The van der Waals surface area contributed by atoms with Gasteiger partial charge in [0.15, 0.2) is 0 Å². The van der Waals surface area contributed by atoms with Crippen molar-refractivity contribution in [3.63, 3.8) is 0 Å². The molecule has 0 spiro atoms. The highest BCUT2D eigenvalue weighted by molar-refractivity contribution is 4.91. The summed E-state index contributed by atoms with van der Waals surface area (Å²) in [6.07, 6.45) is 1.22. The van der Waals surface area contributed by atoms with E-state index in [4.69, 9.17) is 4.74 Å². The predicted molar refractivity (Wildman–Crippen MR) is 73.4 cm³/mol. The average molecular weight is 242 g/mol. The minimum absolute atomic E-state index is 0.336. The van der Waals surface area contributed by atoms with Crippen LogP contribution in [0.25, 0.3) is 0 Å². The Hall–Kier alpha value is -0.120. The molecule has 0 aromatic rings. The molecule has 1 N–H and O–H groups in total. The Bertz CT molecular complexity index is 213. The summed E-state index contributed by atoms with van der Waals surface area (Å²) in [6, 6.07) is 1.26. The van der Waals surface area contributed by atoms with Crippen LogP contribution in [0.2, 0.25) is 0 Å². The van der Waals surface area contributed by atoms with Gasteiger partial charge >= 0.3 is 0 Å². The van der Waals surface area contributed by atoms with Crippen molar-refractivity contribution in [2.24, 2.45) is 5.41 Å². The van der Waals surface area contributed by atoms with Crippen molar-refractivity contribution in [2.45, 2.75) is 53.1 Å². The monoisotopic (exact) mass is 242 g/mol. The molecule has 0 aliphatic carbocycles. The van der Waals surface area contributed by atoms with Crippen LogP contribution in [0.1, 0.15) is 41.0 Å². The molecule has 3 nitrogen and oxygen atoms in total. The fraction of sp³-hybridized carbons (Fsp3) is 1.00. The summed E-state index contributed by atoms with van der Waals surface area (Å²) < 4.78 is 5.49. The first-order chi connectivity index (χ1) is 7.99. The number of ether oxygens (including phenoxy) is 1. The van der Waals surface area contributed by atoms with Crippen LogP contribution in [0, 0.1) is 5.41 Å². The summed E-state index contributed by atoms with van der Waals surface area (Å²) in [5, 5.41) is 3.70. The van der Waals surface area contributed by atoms with Gasteiger partial charge in [-0.25, -0.2) is 0 Å². The Balaban J connectivity index is 2.49. The van der Waals surface area contributed by atoms with E-state index in [-0.39, 0.29) is 0 Å². The summed E-state index contributed by atoms with van der Waals surface area (Å²) in [5.74, 6) is 0. The SMILES string of the molecule is CCOCCN1CC(C(C)(C)C)NCC1CC. The minimum atomic E-state index is 0.336. The van der Waals surface area contributed by atoms with Crippen LogP contribution in [0.5, 0.6) is 0 Å². The van der Waals surface area contributed by atoms with Gasteiger partial charge in [0, 0.05) is 38.3 Å². The molecular weight excluding hydrogens is 212 g/mol. The molecule has 0 radical (unpaired) electrons. The highest BCUT2D eigenvalue weighted by Gasteiger charge is 2.32. The molecule has 3 heteroatoms. The second-order valence-corrected chi connectivity index (χ2v) is 6.08. The summed E-state index contributed by atoms with van der Waals surface area (Å²) in [6.45, 7) is 16.3. The van der Waals surface area contributed by atoms with Gasteiger partial charge in [0.2, 0.25) is 0 Å². The Labute approximate surface area is 107 Å². The van der Waals surface area contributed by atoms with Crippen molar-refractivity contribution in [3.8, 4) is 0 Å². The summed E-state index contributed by atoms with van der Waals surface area (Å²) in [7, 11) is 0. The Morgan fingerprint density at radius 3 is 2.53 bits per heavy atom. The molecule has 102 valence electrons. The zero-order valence-electron chi connectivity index (χ0n) is 12.3. The Kier molecular flexibility index (Phi) is 5.90. The van der Waals surface area contributed by atoms with Crippen molar-refractivity contribution in [1.29, 1.82) is 0 Å². The van der Waals surface area contributed by atoms with Gasteiger partial charge in [-0.3, -0.25) is 4.90 Å². The zero-order valence-corrected chi connectivity index (χ0v) is 12.3. The lowest BCUT2D eigenvalue weighted by molar-refractivity contribution is 0.0483. The van der Waals surface area contributed by atoms with Gasteiger partial charge < -0.3 is 10.1 Å². The quantitative estimate of drug-likeness (QED) is 0.747. The lowest BCUT2D eigenvalue weighted by Gasteiger charge is -2.44. The van der Waals surface area contributed by atoms with Gasteiger partial charge in [-0.2, -0.15) is 0 Å². The van der Waals surface area contributed by atoms with Crippen LogP contribution in [-0.4, -0.2) is 49.8 Å². The molecule has 0 bridgehead atoms. The molecule has 0 amide bonds. The zero-order chi connectivity index (χ0) is 12.9. The fourth-order valence-corrected chi connectivity index (χ4v) is 2.44. The highest BCUT2D eigenvalue weighted by Crippen LogP contribution is 2.24. The van der Waals surface area contributed by atoms with Gasteiger partial charge in [-0.15, -0.1) is 0 Å². The van der Waals surface area contributed by atoms with E-state index in [0.29, 0.717) is 17.5 Å². The van der Waals surface area contributed by atoms with E-state index in [1.807, 2.05) is 0 Å². The van der Waals surface area contributed by atoms with Crippen molar-refractivity contribution < 1.29 is 4.74 Å². The van der Waals surface area contributed by atoms with E-state index in [0.717, 1.165) is 32.8 Å². The van der Waals surface area contributed by atoms with Gasteiger partial charge in [-0.1, -0.05) is 27.7 Å². The topological polar surface area (TPSA) is 24.5 Å². The first-order valence-corrected chi connectivity index (χ1v) is 7.04. The van der Waals surface area contributed by atoms with Crippen molar-refractivity contribution in [3.05, 3.63) is 0 Å². The molecule has 0 aromatic carbocycles. The maximum absolute atomic E-state index is 5.49. The number of nitrogens with one attached hydrogen (secondary N) is 1. The predicted octanol–water partition coefficient (Wildman–Crippen LogP) is 2.12. The second kappa shape index (κ2) is 6.72. The molecule has 1 fully saturated rings. The summed E-state index contributed by atoms with van der Waals surface area (Å²) >= 11 is 0. The molecule has 1 aliphatic heterocycles. The van der Waals surface area contributed by atoms with E-state index >= 15 is 0 Å². The number of nitrogens with zero attached hydrogens (tertiary/aromatic N) is 1. The Morgan fingerprint density at radius 1 is 1.29 bits per heavy atom. The molecule has 1 heterocycles. The lowest BCUT2D eigenvalue weighted by atomic mass is 9.84. The molecule has 2 unspecified atom stereocenters. The maximum atomic E-state index is 5.49. The number of hydrogen-bond donors (Lipinski definition) is 1. The number of hydrogen-bond acceptors (Lipinski definition) is 3. The van der Waals surface area contributed by atoms with Gasteiger partial charge in [-0.05, 0) is 18.8 Å². The molecule has 0 saturated carbocycles. The Morgan fingerprint density at radius 2 is 2.00 bits per heavy atom. The molecule has 17 heavy (non-hydrogen) atoms. The van der Waals surface area contributed by atoms with Crippen LogP contribution >= 0.6 is 0 Å². The van der Waals surface area contributed by atoms with Crippen LogP contribution in [0.4, 0.5) is 0 Å². The number of rotatable bonds is 5. The fourth-order valence-electron chi connectivity index (χ4n) is 2.44. The van der Waals surface area contributed by atoms with E-state index < -0.39 is 0 Å². The number of piperazine rings is 1. The van der Waals surface area contributed by atoms with E-state index in [2.05, 4.69) is 44.8 Å². The largest absolute Gasteiger partial charge is 0.380 e. The van der Waals surface area contributed by atoms with E-state index in [1.54, 1.807) is 0 Å². The first kappa shape index (κ1) is 14.9. The standard InChI is InChI=1S/C14H30N2O/c1-6-12-10-15-13(14(3,4)5)11-16(12)8-9-17-7-2/h12-13,15H,6-11H2,1-5H3. The summed E-state index contributed by atoms with van der Waals surface area (Å²) in [5.41, 5.74) is 0.336. The van der Waals surface area contributed by atoms with Crippen molar-refractivity contribution in [2.75, 3.05) is 32.8 Å². The van der Waals surface area contributed by atoms with E-state index in [9.17, 15) is 0 Å². The average Bonchev–Trinajstić information content (AvgIpc) is 2.28. The van der Waals surface area contributed by atoms with Gasteiger partial charge in [0.1, 0.15) is 0 Å². The third kappa shape index (κ3) is 4.57. The normalized spacial score (nSPS) is 27.4. The van der Waals surface area contributed by atoms with E-state index in [1.165, 1.54) is 6.42 Å². The third-order valence-corrected chi connectivity index (χ3v) is 3.78. The van der Waals surface area contributed by atoms with Crippen molar-refractivity contribution in [1.82, 2.24) is 10.2 Å². The third-order valence-electron chi connectivity index (χ3n) is 3.78. The molecule has 1 rings (SSSR count). The molecule has 2 atom stereocenters. The highest BCUT2D eigenvalue weighted by atomic mass is 16.5. The maximum Gasteiger partial charge on any atom is 0.0593 e. The van der Waals surface area contributed by atoms with Crippen molar-refractivity contribution >= 4 is 0 Å². The molecule has 1 aliphatic rings. The second-order valence-electron chi connectivity index (χ2n) is 6.08. The summed E-state index contributed by atoms with van der Waals surface area (Å²) in [4.78, 5) is 2.60. The van der Waals surface area contributed by atoms with Crippen LogP contribution < -0.4 is 5.32 Å². The minimum Gasteiger partial charge on any atom is -0.380 e. The van der Waals surface area contributed by atoms with Crippen LogP contribution in [0.3, 0.4) is 0 Å². The van der Waals surface area contributed by atoms with Gasteiger partial charge in [0.05, 0.1) is 6.61 Å². The van der Waals surface area contributed by atoms with Crippen LogP contribution in [0.15, 0.2) is 0 Å². The lowest BCUT2D eigenvalue weighted by Crippen LogP contribution is -2.60. The molecule has 0 aromatic heterocycles. The first-order valence-electron chi connectivity index (χ1n) is 7.04. The van der Waals surface area contributed by atoms with Crippen LogP contribution in [-0.2, 0) is 4.74 Å². The van der Waals surface area contributed by atoms with Gasteiger partial charge in [0.25, 0.3) is 0 Å². The molecular formula is C14H30N2O.